The van der Waals surface area contributed by atoms with Crippen LogP contribution >= 0.6 is 0 Å². The average Bonchev–Trinajstić information content (AvgIpc) is 2.34. The fourth-order valence-corrected chi connectivity index (χ4v) is 3.34. The van der Waals surface area contributed by atoms with Crippen molar-refractivity contribution in [2.45, 2.75) is 56.0 Å². The van der Waals surface area contributed by atoms with Crippen molar-refractivity contribution < 1.29 is 4.70 Å². The average molecular weight is 251 g/mol. The van der Waals surface area contributed by atoms with Crippen molar-refractivity contribution in [3.8, 4) is 0 Å². The second kappa shape index (κ2) is 12.1. The summed E-state index contributed by atoms with van der Waals surface area (Å²) in [6.45, 7) is 2.28. The van der Waals surface area contributed by atoms with Crippen LogP contribution in [-0.2, 0) is 5.28 Å². The highest BCUT2D eigenvalue weighted by molar-refractivity contribution is 6.34. The summed E-state index contributed by atoms with van der Waals surface area (Å²) in [5.41, 5.74) is 1.53. The van der Waals surface area contributed by atoms with Gasteiger partial charge >= 0.3 is 0 Å². The maximum atomic E-state index is 2.28. The van der Waals surface area contributed by atoms with E-state index in [1.54, 1.807) is 0 Å². The topological polar surface area (TPSA) is 0 Å². The molecule has 0 saturated heterocycles. The van der Waals surface area contributed by atoms with Crippen LogP contribution in [0.5, 0.6) is 0 Å². The number of rotatable bonds is 9. The molecule has 0 amide bonds. The Bertz CT molecular complexity index is 248. The minimum absolute atomic E-state index is 0. The van der Waals surface area contributed by atoms with Crippen molar-refractivity contribution >= 4 is 15.2 Å². The van der Waals surface area contributed by atoms with Crippen LogP contribution < -0.4 is 0 Å². The summed E-state index contributed by atoms with van der Waals surface area (Å²) in [5, 5.41) is 2.83. The standard InChI is InChI=1S/C8H17.C7H7.Al.FH/c1-3-5-7-8-6-4-2;1-7-5-3-2-4-6-7;;/h1,3-8H2,2H3;2-6H,1H2;;1H. The molecule has 95 valence electrons. The van der Waals surface area contributed by atoms with Crippen LogP contribution in [0, 0.1) is 0 Å². The van der Waals surface area contributed by atoms with Gasteiger partial charge in [-0.1, -0.05) is 86.6 Å². The van der Waals surface area contributed by atoms with Gasteiger partial charge in [-0.25, -0.2) is 0 Å². The first-order valence-electron chi connectivity index (χ1n) is 6.79. The zero-order chi connectivity index (χ0) is 11.5. The largest absolute Gasteiger partial charge is 0.269 e. The Morgan fingerprint density at radius 1 is 0.882 bits per heavy atom. The van der Waals surface area contributed by atoms with Gasteiger partial charge in [0.05, 0.1) is 0 Å². The number of hydrogen-bond donors (Lipinski definition) is 0. The summed E-state index contributed by atoms with van der Waals surface area (Å²) in [4.78, 5) is 0. The highest BCUT2D eigenvalue weighted by Gasteiger charge is 1.95. The Labute approximate surface area is 112 Å². The lowest BCUT2D eigenvalue weighted by atomic mass is 10.1. The Morgan fingerprint density at radius 2 is 1.53 bits per heavy atom. The zero-order valence-corrected chi connectivity index (χ0v) is 12.2. The van der Waals surface area contributed by atoms with E-state index in [2.05, 4.69) is 37.3 Å². The van der Waals surface area contributed by atoms with Gasteiger partial charge in [-0.05, 0) is 0 Å². The molecule has 0 unspecified atom stereocenters. The van der Waals surface area contributed by atoms with E-state index in [0.29, 0.717) is 15.2 Å². The first kappa shape index (κ1) is 16.7. The molecule has 1 rings (SSSR count). The van der Waals surface area contributed by atoms with E-state index in [0.717, 1.165) is 0 Å². The molecule has 2 heteroatoms. The summed E-state index contributed by atoms with van der Waals surface area (Å²) in [6, 6.07) is 10.9. The fourth-order valence-electron chi connectivity index (χ4n) is 1.95. The monoisotopic (exact) mass is 251 g/mol. The molecule has 0 aliphatic carbocycles. The zero-order valence-electron chi connectivity index (χ0n) is 11.0. The minimum Gasteiger partial charge on any atom is -0.269 e. The summed E-state index contributed by atoms with van der Waals surface area (Å²) >= 11 is 0.648. The SMILES string of the molecule is CCCCCCC[CH2][Al][CH2]c1ccccc1.F. The van der Waals surface area contributed by atoms with Crippen molar-refractivity contribution in [1.82, 2.24) is 0 Å². The molecule has 0 spiro atoms. The predicted molar refractivity (Wildman–Crippen MR) is 76.6 cm³/mol. The van der Waals surface area contributed by atoms with Crippen molar-refractivity contribution in [1.29, 1.82) is 0 Å². The van der Waals surface area contributed by atoms with Crippen molar-refractivity contribution in [3.63, 3.8) is 0 Å². The van der Waals surface area contributed by atoms with Crippen LogP contribution in [0.15, 0.2) is 30.3 Å². The third kappa shape index (κ3) is 9.39. The molecule has 0 bridgehead atoms. The molecule has 17 heavy (non-hydrogen) atoms. The van der Waals surface area contributed by atoms with Crippen molar-refractivity contribution in [2.24, 2.45) is 0 Å². The third-order valence-electron chi connectivity index (χ3n) is 2.98. The van der Waals surface area contributed by atoms with E-state index in [-0.39, 0.29) is 4.70 Å². The Kier molecular flexibility index (Phi) is 11.9. The molecule has 0 atom stereocenters. The van der Waals surface area contributed by atoms with Gasteiger partial charge in [0, 0.05) is 0 Å². The molecular formula is C15H25AlF. The van der Waals surface area contributed by atoms with E-state index in [9.17, 15) is 0 Å². The summed E-state index contributed by atoms with van der Waals surface area (Å²) in [7, 11) is 0. The Morgan fingerprint density at radius 3 is 2.24 bits per heavy atom. The summed E-state index contributed by atoms with van der Waals surface area (Å²) < 4.78 is 0. The molecule has 0 N–H and O–H groups in total. The molecule has 0 heterocycles. The summed E-state index contributed by atoms with van der Waals surface area (Å²) in [5.74, 6) is 0. The second-order valence-electron chi connectivity index (χ2n) is 4.53. The molecular weight excluding hydrogens is 226 g/mol. The molecule has 0 aliphatic rings. The highest BCUT2D eigenvalue weighted by Crippen LogP contribution is 2.08. The quantitative estimate of drug-likeness (QED) is 0.436. The molecule has 1 aromatic carbocycles. The molecule has 0 aromatic heterocycles. The van der Waals surface area contributed by atoms with Gasteiger partial charge in [0.2, 0.25) is 15.2 Å². The normalized spacial score (nSPS) is 9.71. The molecule has 0 fully saturated rings. The first-order valence-corrected chi connectivity index (χ1v) is 8.42. The van der Waals surface area contributed by atoms with E-state index in [1.807, 2.05) is 0 Å². The smallest absolute Gasteiger partial charge is 0.207 e. The lowest BCUT2D eigenvalue weighted by Crippen LogP contribution is -1.96. The van der Waals surface area contributed by atoms with Crippen LogP contribution in [0.25, 0.3) is 0 Å². The second-order valence-corrected chi connectivity index (χ2v) is 6.10. The van der Waals surface area contributed by atoms with Crippen LogP contribution in [-0.4, -0.2) is 15.2 Å². The third-order valence-corrected chi connectivity index (χ3v) is 4.56. The van der Waals surface area contributed by atoms with Crippen molar-refractivity contribution in [3.05, 3.63) is 35.9 Å². The lowest BCUT2D eigenvalue weighted by molar-refractivity contribution is 0.624. The number of halogens is 1. The number of unbranched alkanes of at least 4 members (excludes halogenated alkanes) is 5. The molecule has 0 nitrogen and oxygen atoms in total. The van der Waals surface area contributed by atoms with E-state index in [4.69, 9.17) is 0 Å². The van der Waals surface area contributed by atoms with Gasteiger partial charge in [0.1, 0.15) is 0 Å². The molecule has 0 saturated carbocycles. The van der Waals surface area contributed by atoms with Crippen LogP contribution in [0.3, 0.4) is 0 Å². The van der Waals surface area contributed by atoms with Gasteiger partial charge < -0.3 is 0 Å². The van der Waals surface area contributed by atoms with Crippen LogP contribution in [0.2, 0.25) is 5.28 Å². The number of benzene rings is 1. The molecule has 1 radical (unpaired) electrons. The predicted octanol–water partition coefficient (Wildman–Crippen LogP) is 4.82. The first-order chi connectivity index (χ1) is 7.93. The van der Waals surface area contributed by atoms with Crippen LogP contribution in [0.1, 0.15) is 51.0 Å². The maximum absolute atomic E-state index is 2.28. The van der Waals surface area contributed by atoms with E-state index >= 15 is 0 Å². The fraction of sp³-hybridized carbons (Fsp3) is 0.600. The van der Waals surface area contributed by atoms with E-state index < -0.39 is 0 Å². The Balaban J connectivity index is 0.00000256. The Hall–Kier alpha value is -0.318. The van der Waals surface area contributed by atoms with Gasteiger partial charge in [-0.15, -0.1) is 5.28 Å². The summed E-state index contributed by atoms with van der Waals surface area (Å²) in [6.07, 6.45) is 8.62. The van der Waals surface area contributed by atoms with Crippen molar-refractivity contribution in [2.75, 3.05) is 0 Å². The van der Waals surface area contributed by atoms with Crippen LogP contribution in [0.4, 0.5) is 4.70 Å². The van der Waals surface area contributed by atoms with Gasteiger partial charge in [0.25, 0.3) is 0 Å². The maximum Gasteiger partial charge on any atom is 0.207 e. The molecule has 1 aromatic rings. The minimum atomic E-state index is 0. The van der Waals surface area contributed by atoms with Gasteiger partial charge in [0.15, 0.2) is 0 Å². The molecule has 0 aliphatic heterocycles. The van der Waals surface area contributed by atoms with Gasteiger partial charge in [-0.3, -0.25) is 4.70 Å². The number of hydrogen-bond acceptors (Lipinski definition) is 0. The van der Waals surface area contributed by atoms with Gasteiger partial charge in [-0.2, -0.15) is 0 Å². The van der Waals surface area contributed by atoms with E-state index in [1.165, 1.54) is 54.7 Å². The lowest BCUT2D eigenvalue weighted by Gasteiger charge is -2.01. The highest BCUT2D eigenvalue weighted by atomic mass is 27.1.